The van der Waals surface area contributed by atoms with Crippen molar-refractivity contribution in [2.45, 2.75) is 39.7 Å². The Bertz CT molecular complexity index is 219. The Labute approximate surface area is 113 Å². The molecular weight excluding hydrogens is 343 g/mol. The van der Waals surface area contributed by atoms with Crippen molar-refractivity contribution >= 4 is 42.2 Å². The van der Waals surface area contributed by atoms with Crippen molar-refractivity contribution in [2.75, 3.05) is 6.54 Å². The minimum Gasteiger partial charge on any atom is -0.481 e. The first-order chi connectivity index (χ1) is 7.19. The van der Waals surface area contributed by atoms with Gasteiger partial charge in [0.1, 0.15) is 0 Å². The number of amides is 1. The zero-order chi connectivity index (χ0) is 13.2. The highest BCUT2D eigenvalue weighted by molar-refractivity contribution is 14.2. The van der Waals surface area contributed by atoms with E-state index in [2.05, 4.69) is 10.0 Å². The van der Waals surface area contributed by atoms with E-state index in [4.69, 9.17) is 5.11 Å². The van der Waals surface area contributed by atoms with Crippen LogP contribution < -0.4 is 10.0 Å². The average molecular weight is 362 g/mol. The number of hydrogen-bond donors (Lipinski definition) is 3. The van der Waals surface area contributed by atoms with Crippen molar-refractivity contribution in [2.24, 2.45) is 0 Å². The fourth-order valence-electron chi connectivity index (χ4n) is 0.725. The number of carboxylic acid groups (broad SMARTS) is 1. The third-order valence-corrected chi connectivity index (χ3v) is 2.29. The van der Waals surface area contributed by atoms with Crippen LogP contribution in [-0.4, -0.2) is 29.1 Å². The number of nitrogens with one attached hydrogen (secondary N) is 2. The van der Waals surface area contributed by atoms with Crippen LogP contribution in [0, 0.1) is 0 Å². The summed E-state index contributed by atoms with van der Waals surface area (Å²) in [5, 5.41) is 10.8. The number of carboxylic acids is 1. The van der Waals surface area contributed by atoms with Crippen LogP contribution in [0.3, 0.4) is 0 Å². The van der Waals surface area contributed by atoms with Crippen LogP contribution in [0.5, 0.6) is 0 Å². The Morgan fingerprint density at radius 1 is 1.38 bits per heavy atom. The largest absolute Gasteiger partial charge is 0.481 e. The second kappa shape index (κ2) is 10.2. The van der Waals surface area contributed by atoms with Crippen LogP contribution in [-0.2, 0) is 9.59 Å². The lowest BCUT2D eigenvalue weighted by atomic mass is 10.1. The maximum Gasteiger partial charge on any atom is 0.304 e. The monoisotopic (exact) mass is 362 g/mol. The molecule has 0 bridgehead atoms. The molecule has 0 aromatic rings. The second-order valence-corrected chi connectivity index (χ2v) is 5.81. The summed E-state index contributed by atoms with van der Waals surface area (Å²) in [6, 6.07) is 0. The van der Waals surface area contributed by atoms with Gasteiger partial charge in [-0.2, -0.15) is 0 Å². The molecule has 0 saturated carbocycles. The van der Waals surface area contributed by atoms with Gasteiger partial charge in [0, 0.05) is 40.2 Å². The molecule has 0 aromatic heterocycles. The Balaban J connectivity index is 0. The van der Waals surface area contributed by atoms with Crippen LogP contribution in [0.1, 0.15) is 34.1 Å². The van der Waals surface area contributed by atoms with Crippen LogP contribution in [0.25, 0.3) is 0 Å². The molecule has 0 heterocycles. The number of carbonyl (C=O) groups excluding carboxylic acids is 1. The predicted octanol–water partition coefficient (Wildman–Crippen LogP) is 1.97. The van der Waals surface area contributed by atoms with E-state index in [1.54, 1.807) is 0 Å². The summed E-state index contributed by atoms with van der Waals surface area (Å²) >= 11 is 2.05. The standard InChI is InChI=1S/C6H13NO.C3H6INO2S/c1-5(8)7-6(2,3)4;4-8-5-2-1-3(6)7/h1-4H3,(H,7,8);5H,1-2H2,(H,6,7). The highest BCUT2D eigenvalue weighted by atomic mass is 127. The molecule has 0 aliphatic heterocycles. The molecule has 0 aliphatic rings. The summed E-state index contributed by atoms with van der Waals surface area (Å²) in [5.74, 6) is -0.736. The number of rotatable bonds is 4. The number of aliphatic carboxylic acids is 1. The van der Waals surface area contributed by atoms with E-state index in [-0.39, 0.29) is 17.9 Å². The van der Waals surface area contributed by atoms with Gasteiger partial charge in [-0.25, -0.2) is 0 Å². The molecule has 0 unspecified atom stereocenters. The van der Waals surface area contributed by atoms with E-state index in [1.807, 2.05) is 42.0 Å². The number of halogens is 1. The highest BCUT2D eigenvalue weighted by Gasteiger charge is 2.08. The third-order valence-electron chi connectivity index (χ3n) is 1.05. The molecule has 0 aromatic carbocycles. The molecule has 0 aliphatic carbocycles. The van der Waals surface area contributed by atoms with Crippen LogP contribution in [0.15, 0.2) is 0 Å². The molecule has 7 heteroatoms. The molecule has 0 saturated heterocycles. The fraction of sp³-hybridized carbons (Fsp3) is 0.778. The summed E-state index contributed by atoms with van der Waals surface area (Å²) in [7, 11) is 1.40. The number of hydrogen-bond acceptors (Lipinski definition) is 4. The van der Waals surface area contributed by atoms with Crippen molar-refractivity contribution in [1.82, 2.24) is 10.0 Å². The maximum atomic E-state index is 10.3. The highest BCUT2D eigenvalue weighted by Crippen LogP contribution is 2.02. The van der Waals surface area contributed by atoms with E-state index in [0.717, 1.165) is 0 Å². The van der Waals surface area contributed by atoms with Gasteiger partial charge in [-0.15, -0.1) is 0 Å². The van der Waals surface area contributed by atoms with Crippen LogP contribution in [0.2, 0.25) is 0 Å². The Morgan fingerprint density at radius 3 is 2.06 bits per heavy atom. The van der Waals surface area contributed by atoms with Crippen molar-refractivity contribution in [3.8, 4) is 0 Å². The lowest BCUT2D eigenvalue weighted by molar-refractivity contribution is -0.136. The van der Waals surface area contributed by atoms with Gasteiger partial charge in [-0.3, -0.25) is 14.3 Å². The molecule has 16 heavy (non-hydrogen) atoms. The second-order valence-electron chi connectivity index (χ2n) is 4.05. The minimum atomic E-state index is -0.761. The van der Waals surface area contributed by atoms with E-state index in [9.17, 15) is 9.59 Å². The summed E-state index contributed by atoms with van der Waals surface area (Å²) in [6.45, 7) is 7.91. The summed E-state index contributed by atoms with van der Waals surface area (Å²) in [6.07, 6.45) is 0.190. The van der Waals surface area contributed by atoms with Gasteiger partial charge in [-0.1, -0.05) is 0 Å². The van der Waals surface area contributed by atoms with Crippen molar-refractivity contribution in [1.29, 1.82) is 0 Å². The number of carbonyl (C=O) groups is 2. The normalized spacial score (nSPS) is 10.1. The Morgan fingerprint density at radius 2 is 1.88 bits per heavy atom. The van der Waals surface area contributed by atoms with Gasteiger partial charge in [0.2, 0.25) is 5.91 Å². The molecule has 0 atom stereocenters. The van der Waals surface area contributed by atoms with Crippen molar-refractivity contribution in [3.05, 3.63) is 0 Å². The fourth-order valence-corrected chi connectivity index (χ4v) is 1.56. The first kappa shape index (κ1) is 18.3. The molecular formula is C9H19IN2O3S. The van der Waals surface area contributed by atoms with Crippen molar-refractivity contribution in [3.63, 3.8) is 0 Å². The van der Waals surface area contributed by atoms with Crippen LogP contribution in [0.4, 0.5) is 0 Å². The zero-order valence-electron chi connectivity index (χ0n) is 9.96. The Kier molecular flexibility index (Phi) is 11.6. The van der Waals surface area contributed by atoms with E-state index in [1.165, 1.54) is 16.0 Å². The summed E-state index contributed by atoms with van der Waals surface area (Å²) in [4.78, 5) is 20.2. The quantitative estimate of drug-likeness (QED) is 0.405. The van der Waals surface area contributed by atoms with E-state index >= 15 is 0 Å². The molecule has 0 rings (SSSR count). The molecule has 0 radical (unpaired) electrons. The molecule has 0 fully saturated rings. The van der Waals surface area contributed by atoms with Gasteiger partial charge in [0.25, 0.3) is 0 Å². The third kappa shape index (κ3) is 23.6. The Hall–Kier alpha value is -0.0200. The zero-order valence-corrected chi connectivity index (χ0v) is 12.9. The lowest BCUT2D eigenvalue weighted by Crippen LogP contribution is -2.38. The van der Waals surface area contributed by atoms with Gasteiger partial charge in [0.05, 0.1) is 6.42 Å². The maximum absolute atomic E-state index is 10.3. The smallest absolute Gasteiger partial charge is 0.304 e. The van der Waals surface area contributed by atoms with E-state index in [0.29, 0.717) is 6.54 Å². The van der Waals surface area contributed by atoms with Crippen molar-refractivity contribution < 1.29 is 14.7 Å². The molecule has 0 spiro atoms. The van der Waals surface area contributed by atoms with Gasteiger partial charge in [0.15, 0.2) is 0 Å². The summed E-state index contributed by atoms with van der Waals surface area (Å²) in [5.41, 5.74) is -0.0775. The molecule has 1 amide bonds. The molecule has 3 N–H and O–H groups in total. The first-order valence-electron chi connectivity index (χ1n) is 4.70. The van der Waals surface area contributed by atoms with Crippen LogP contribution >= 0.6 is 30.3 Å². The lowest BCUT2D eigenvalue weighted by Gasteiger charge is -2.18. The molecule has 96 valence electrons. The SMILES string of the molecule is CC(=O)NC(C)(C)C.O=C(O)CCNSI. The van der Waals surface area contributed by atoms with Gasteiger partial charge in [-0.05, 0) is 29.9 Å². The first-order valence-corrected chi connectivity index (χ1v) is 8.06. The van der Waals surface area contributed by atoms with Gasteiger partial charge < -0.3 is 10.4 Å². The van der Waals surface area contributed by atoms with E-state index < -0.39 is 5.97 Å². The minimum absolute atomic E-state index is 0.0255. The predicted molar refractivity (Wildman–Crippen MR) is 75.4 cm³/mol. The van der Waals surface area contributed by atoms with Gasteiger partial charge >= 0.3 is 5.97 Å². The molecule has 5 nitrogen and oxygen atoms in total. The average Bonchev–Trinajstić information content (AvgIpc) is 2.00. The summed E-state index contributed by atoms with van der Waals surface area (Å²) < 4.78 is 2.80. The topological polar surface area (TPSA) is 78.4 Å².